The predicted octanol–water partition coefficient (Wildman–Crippen LogP) is -1.56. The van der Waals surface area contributed by atoms with Gasteiger partial charge < -0.3 is 14.6 Å². The molecule has 2 fully saturated rings. The number of carbonyl (C=O) groups excluding carboxylic acids is 2. The van der Waals surface area contributed by atoms with Gasteiger partial charge in [0, 0.05) is 25.0 Å². The Morgan fingerprint density at radius 2 is 2.00 bits per heavy atom. The van der Waals surface area contributed by atoms with E-state index in [1.807, 2.05) is 6.07 Å². The highest BCUT2D eigenvalue weighted by Gasteiger charge is 2.36. The third-order valence-corrected chi connectivity index (χ3v) is 4.79. The van der Waals surface area contributed by atoms with Crippen LogP contribution in [0.2, 0.25) is 0 Å². The van der Waals surface area contributed by atoms with Gasteiger partial charge in [0.1, 0.15) is 49.4 Å². The third kappa shape index (κ3) is 4.14. The third-order valence-electron chi connectivity index (χ3n) is 4.79. The van der Waals surface area contributed by atoms with E-state index in [0.29, 0.717) is 19.4 Å². The first-order valence-electron chi connectivity index (χ1n) is 8.48. The zero-order valence-electron chi connectivity index (χ0n) is 13.4. The number of quaternary nitrogens is 2. The molecule has 1 aromatic rings. The zero-order chi connectivity index (χ0) is 16.1. The second-order valence-corrected chi connectivity index (χ2v) is 6.45. The van der Waals surface area contributed by atoms with Crippen molar-refractivity contribution >= 4 is 17.8 Å². The fourth-order valence-electron chi connectivity index (χ4n) is 3.42. The van der Waals surface area contributed by atoms with Crippen LogP contribution in [0, 0.1) is 5.92 Å². The molecule has 0 radical (unpaired) electrons. The smallest absolute Gasteiger partial charge is 0.149 e. The van der Waals surface area contributed by atoms with Gasteiger partial charge in [-0.1, -0.05) is 0 Å². The number of nitrogens with one attached hydrogen (secondary N) is 1. The zero-order valence-corrected chi connectivity index (χ0v) is 13.4. The van der Waals surface area contributed by atoms with Gasteiger partial charge in [-0.2, -0.15) is 0 Å². The number of nitrogens with two attached hydrogens (primary N) is 1. The number of nitrogens with zero attached hydrogens (tertiary/aromatic N) is 1. The molecule has 23 heavy (non-hydrogen) atoms. The second kappa shape index (κ2) is 7.66. The van der Waals surface area contributed by atoms with Crippen molar-refractivity contribution in [2.24, 2.45) is 10.9 Å². The van der Waals surface area contributed by atoms with Gasteiger partial charge in [-0.3, -0.25) is 14.6 Å². The van der Waals surface area contributed by atoms with Crippen LogP contribution in [0.1, 0.15) is 24.5 Å². The minimum Gasteiger partial charge on any atom is -0.469 e. The van der Waals surface area contributed by atoms with E-state index in [-0.39, 0.29) is 17.5 Å². The fourth-order valence-corrected chi connectivity index (χ4v) is 3.42. The molecule has 6 nitrogen and oxygen atoms in total. The molecule has 1 saturated carbocycles. The average molecular weight is 319 g/mol. The summed E-state index contributed by atoms with van der Waals surface area (Å²) in [5.74, 6) is -0.0974. The van der Waals surface area contributed by atoms with E-state index >= 15 is 0 Å². The van der Waals surface area contributed by atoms with Crippen LogP contribution in [-0.2, 0) is 9.59 Å². The first kappa shape index (κ1) is 16.1. The molecule has 1 aliphatic heterocycles. The van der Waals surface area contributed by atoms with Crippen molar-refractivity contribution in [2.75, 3.05) is 39.3 Å². The molecule has 0 atom stereocenters. The van der Waals surface area contributed by atoms with Crippen LogP contribution in [0.15, 0.2) is 27.8 Å². The SMILES string of the molecule is O=C1CC(c2ccco2)CC(=O)C1C=NCC[NH+]1CC[NH2+]CC1. The maximum absolute atomic E-state index is 12.2. The second-order valence-electron chi connectivity index (χ2n) is 6.45. The van der Waals surface area contributed by atoms with Gasteiger partial charge in [-0.25, -0.2) is 0 Å². The number of hydrogen-bond donors (Lipinski definition) is 2. The van der Waals surface area contributed by atoms with Gasteiger partial charge in [-0.05, 0) is 12.1 Å². The lowest BCUT2D eigenvalue weighted by Gasteiger charge is -2.23. The highest BCUT2D eigenvalue weighted by atomic mass is 16.3. The predicted molar refractivity (Wildman–Crippen MR) is 84.8 cm³/mol. The molecule has 0 amide bonds. The Balaban J connectivity index is 1.49. The van der Waals surface area contributed by atoms with Gasteiger partial charge in [0.2, 0.25) is 0 Å². The van der Waals surface area contributed by atoms with Crippen LogP contribution in [0.5, 0.6) is 0 Å². The van der Waals surface area contributed by atoms with Gasteiger partial charge in [0.25, 0.3) is 0 Å². The van der Waals surface area contributed by atoms with Crippen molar-refractivity contribution in [1.82, 2.24) is 0 Å². The average Bonchev–Trinajstić information content (AvgIpc) is 3.09. The molecule has 0 spiro atoms. The molecule has 2 aliphatic rings. The fraction of sp³-hybridized carbons (Fsp3) is 0.588. The number of carbonyl (C=O) groups is 2. The number of piperazine rings is 1. The Kier molecular flexibility index (Phi) is 5.35. The van der Waals surface area contributed by atoms with E-state index in [1.54, 1.807) is 23.4 Å². The minimum atomic E-state index is -0.647. The van der Waals surface area contributed by atoms with Crippen molar-refractivity contribution in [1.29, 1.82) is 0 Å². The summed E-state index contributed by atoms with van der Waals surface area (Å²) in [5, 5.41) is 2.33. The number of aliphatic imine (C=N–C) groups is 1. The first-order chi connectivity index (χ1) is 11.2. The van der Waals surface area contributed by atoms with Crippen molar-refractivity contribution in [2.45, 2.75) is 18.8 Å². The largest absolute Gasteiger partial charge is 0.469 e. The summed E-state index contributed by atoms with van der Waals surface area (Å²) in [5.41, 5.74) is 0. The molecule has 124 valence electrons. The lowest BCUT2D eigenvalue weighted by Crippen LogP contribution is -3.20. The molecule has 0 bridgehead atoms. The molecular weight excluding hydrogens is 294 g/mol. The van der Waals surface area contributed by atoms with Crippen LogP contribution in [0.3, 0.4) is 0 Å². The maximum atomic E-state index is 12.2. The Morgan fingerprint density at radius 3 is 2.65 bits per heavy atom. The molecule has 3 rings (SSSR count). The topological polar surface area (TPSA) is 80.7 Å². The standard InChI is InChI=1S/C17H23N3O3/c21-15-10-13(17-2-1-9-23-17)11-16(22)14(15)12-19-5-8-20-6-3-18-4-7-20/h1-2,9,12-14,18H,3-8,10-11H2/p+2. The van der Waals surface area contributed by atoms with E-state index in [0.717, 1.165) is 12.3 Å². The van der Waals surface area contributed by atoms with E-state index in [4.69, 9.17) is 4.42 Å². The van der Waals surface area contributed by atoms with Crippen LogP contribution in [-0.4, -0.2) is 57.0 Å². The summed E-state index contributed by atoms with van der Waals surface area (Å²) >= 11 is 0. The normalized spacial score (nSPS) is 27.0. The summed E-state index contributed by atoms with van der Waals surface area (Å²) < 4.78 is 5.33. The Hall–Kier alpha value is -1.79. The van der Waals surface area contributed by atoms with E-state index < -0.39 is 5.92 Å². The van der Waals surface area contributed by atoms with Crippen molar-refractivity contribution in [3.05, 3.63) is 24.2 Å². The van der Waals surface area contributed by atoms with Crippen LogP contribution >= 0.6 is 0 Å². The molecule has 1 aromatic heterocycles. The van der Waals surface area contributed by atoms with E-state index in [2.05, 4.69) is 10.3 Å². The summed E-state index contributed by atoms with van der Waals surface area (Å²) in [4.78, 5) is 30.4. The first-order valence-corrected chi connectivity index (χ1v) is 8.48. The number of Topliss-reactive ketones (excluding diaryl/α,β-unsaturated/α-hetero) is 2. The summed E-state index contributed by atoms with van der Waals surface area (Å²) in [6.07, 6.45) is 3.89. The highest BCUT2D eigenvalue weighted by Crippen LogP contribution is 2.31. The maximum Gasteiger partial charge on any atom is 0.149 e. The monoisotopic (exact) mass is 319 g/mol. The molecule has 6 heteroatoms. The summed E-state index contributed by atoms with van der Waals surface area (Å²) in [6, 6.07) is 3.62. The number of ketones is 2. The number of hydrogen-bond acceptors (Lipinski definition) is 4. The molecule has 0 unspecified atom stereocenters. The Bertz CT molecular complexity index is 544. The number of rotatable bonds is 5. The lowest BCUT2D eigenvalue weighted by atomic mass is 9.79. The molecule has 1 aliphatic carbocycles. The molecule has 3 N–H and O–H groups in total. The van der Waals surface area contributed by atoms with Crippen molar-refractivity contribution in [3.63, 3.8) is 0 Å². The molecular formula is C17H25N3O3+2. The highest BCUT2D eigenvalue weighted by molar-refractivity contribution is 6.16. The Labute approximate surface area is 135 Å². The van der Waals surface area contributed by atoms with Crippen molar-refractivity contribution in [3.8, 4) is 0 Å². The minimum absolute atomic E-state index is 0.0358. The van der Waals surface area contributed by atoms with Crippen LogP contribution < -0.4 is 10.2 Å². The van der Waals surface area contributed by atoms with Gasteiger partial charge in [0.15, 0.2) is 0 Å². The van der Waals surface area contributed by atoms with E-state index in [1.165, 1.54) is 26.2 Å². The number of furan rings is 1. The summed E-state index contributed by atoms with van der Waals surface area (Å²) in [6.45, 7) is 6.35. The van der Waals surface area contributed by atoms with E-state index in [9.17, 15) is 9.59 Å². The van der Waals surface area contributed by atoms with Gasteiger partial charge >= 0.3 is 0 Å². The van der Waals surface area contributed by atoms with Crippen LogP contribution in [0.25, 0.3) is 0 Å². The Morgan fingerprint density at radius 1 is 1.26 bits per heavy atom. The van der Waals surface area contributed by atoms with Gasteiger partial charge in [0.05, 0.1) is 19.4 Å². The lowest BCUT2D eigenvalue weighted by molar-refractivity contribution is -0.945. The molecule has 0 aromatic carbocycles. The molecule has 2 heterocycles. The summed E-state index contributed by atoms with van der Waals surface area (Å²) in [7, 11) is 0. The molecule has 1 saturated heterocycles. The quantitative estimate of drug-likeness (QED) is 0.509. The van der Waals surface area contributed by atoms with Gasteiger partial charge in [-0.15, -0.1) is 0 Å². The van der Waals surface area contributed by atoms with Crippen molar-refractivity contribution < 1.29 is 24.2 Å². The van der Waals surface area contributed by atoms with Crippen LogP contribution in [0.4, 0.5) is 0 Å².